The first-order chi connectivity index (χ1) is 11.2. The minimum absolute atomic E-state index is 0.0785. The molecule has 1 aromatic carbocycles. The monoisotopic (exact) mass is 322 g/mol. The molecule has 0 saturated carbocycles. The molecule has 2 amide bonds. The van der Waals surface area contributed by atoms with Crippen molar-refractivity contribution in [1.29, 1.82) is 0 Å². The summed E-state index contributed by atoms with van der Waals surface area (Å²) in [7, 11) is 1.63. The zero-order valence-electron chi connectivity index (χ0n) is 13.4. The Morgan fingerprint density at radius 1 is 1.39 bits per heavy atom. The third-order valence-electron chi connectivity index (χ3n) is 3.92. The second-order valence-electron chi connectivity index (χ2n) is 5.75. The highest BCUT2D eigenvalue weighted by Crippen LogP contribution is 2.34. The summed E-state index contributed by atoms with van der Waals surface area (Å²) in [4.78, 5) is 11.9. The van der Waals surface area contributed by atoms with E-state index in [9.17, 15) is 4.79 Å². The summed E-state index contributed by atoms with van der Waals surface area (Å²) in [6.07, 6.45) is 0.976. The number of carbonyl (C=O) groups excluding carboxylic acids is 1. The van der Waals surface area contributed by atoms with Gasteiger partial charge in [-0.3, -0.25) is 0 Å². The third-order valence-corrected chi connectivity index (χ3v) is 3.92. The van der Waals surface area contributed by atoms with E-state index in [-0.39, 0.29) is 18.2 Å². The lowest BCUT2D eigenvalue weighted by Gasteiger charge is -2.13. The topological polar surface area (TPSA) is 78.1 Å². The van der Waals surface area contributed by atoms with Gasteiger partial charge in [-0.25, -0.2) is 4.79 Å². The standard InChI is InChI=1S/C16H22N2O5/c1-10-3-11-4-14(20-2)12(5-15(11)23-10)6-17-16(19)18-7-13-8-21-9-22-13/h4-5,10,13H,3,6-9H2,1-2H3,(H2,17,18,19). The van der Waals surface area contributed by atoms with E-state index in [0.717, 1.165) is 29.0 Å². The molecule has 0 aliphatic carbocycles. The van der Waals surface area contributed by atoms with Crippen LogP contribution < -0.4 is 20.1 Å². The third kappa shape index (κ3) is 3.86. The molecule has 2 N–H and O–H groups in total. The number of benzene rings is 1. The second-order valence-corrected chi connectivity index (χ2v) is 5.75. The van der Waals surface area contributed by atoms with Crippen LogP contribution in [0.4, 0.5) is 4.79 Å². The SMILES string of the molecule is COc1cc2c(cc1CNC(=O)NCC1COCO1)OC(C)C2. The van der Waals surface area contributed by atoms with Crippen LogP contribution in [-0.4, -0.2) is 45.3 Å². The Balaban J connectivity index is 1.55. The Bertz CT molecular complexity index is 572. The summed E-state index contributed by atoms with van der Waals surface area (Å²) in [6, 6.07) is 3.67. The summed E-state index contributed by atoms with van der Waals surface area (Å²) in [5.41, 5.74) is 2.02. The second kappa shape index (κ2) is 7.06. The van der Waals surface area contributed by atoms with Crippen LogP contribution in [0.1, 0.15) is 18.1 Å². The molecule has 7 nitrogen and oxygen atoms in total. The van der Waals surface area contributed by atoms with Crippen molar-refractivity contribution in [2.45, 2.75) is 32.1 Å². The van der Waals surface area contributed by atoms with Crippen molar-refractivity contribution in [3.8, 4) is 11.5 Å². The molecular formula is C16H22N2O5. The number of fused-ring (bicyclic) bond motifs is 1. The molecule has 3 rings (SSSR count). The fourth-order valence-corrected chi connectivity index (χ4v) is 2.74. The van der Waals surface area contributed by atoms with Crippen LogP contribution in [0.15, 0.2) is 12.1 Å². The normalized spacial score (nSPS) is 22.3. The molecule has 2 aliphatic heterocycles. The summed E-state index contributed by atoms with van der Waals surface area (Å²) in [6.45, 7) is 3.62. The van der Waals surface area contributed by atoms with E-state index in [0.29, 0.717) is 26.5 Å². The van der Waals surface area contributed by atoms with Crippen molar-refractivity contribution < 1.29 is 23.7 Å². The number of hydrogen-bond acceptors (Lipinski definition) is 5. The average molecular weight is 322 g/mol. The molecule has 7 heteroatoms. The van der Waals surface area contributed by atoms with Gasteiger partial charge in [0.25, 0.3) is 0 Å². The Kier molecular flexibility index (Phi) is 4.88. The van der Waals surface area contributed by atoms with E-state index in [1.165, 1.54) is 0 Å². The van der Waals surface area contributed by atoms with Gasteiger partial charge in [-0.1, -0.05) is 0 Å². The Labute approximate surface area is 135 Å². The quantitative estimate of drug-likeness (QED) is 0.851. The fraction of sp³-hybridized carbons (Fsp3) is 0.562. The first kappa shape index (κ1) is 15.9. The molecule has 2 aliphatic rings. The smallest absolute Gasteiger partial charge is 0.315 e. The molecule has 0 spiro atoms. The van der Waals surface area contributed by atoms with Gasteiger partial charge in [0, 0.05) is 30.6 Å². The maximum atomic E-state index is 11.9. The van der Waals surface area contributed by atoms with Gasteiger partial charge in [-0.2, -0.15) is 0 Å². The van der Waals surface area contributed by atoms with E-state index >= 15 is 0 Å². The van der Waals surface area contributed by atoms with Crippen LogP contribution in [0.5, 0.6) is 11.5 Å². The highest BCUT2D eigenvalue weighted by atomic mass is 16.7. The van der Waals surface area contributed by atoms with Gasteiger partial charge in [-0.05, 0) is 19.1 Å². The number of methoxy groups -OCH3 is 1. The number of carbonyl (C=O) groups is 1. The van der Waals surface area contributed by atoms with Crippen LogP contribution >= 0.6 is 0 Å². The van der Waals surface area contributed by atoms with Crippen LogP contribution in [0.2, 0.25) is 0 Å². The van der Waals surface area contributed by atoms with Gasteiger partial charge in [0.05, 0.1) is 13.7 Å². The van der Waals surface area contributed by atoms with Gasteiger partial charge < -0.3 is 29.6 Å². The van der Waals surface area contributed by atoms with Crippen LogP contribution in [0.25, 0.3) is 0 Å². The van der Waals surface area contributed by atoms with Crippen LogP contribution in [-0.2, 0) is 22.4 Å². The summed E-state index contributed by atoms with van der Waals surface area (Å²) in [5, 5.41) is 5.58. The molecule has 126 valence electrons. The molecule has 1 fully saturated rings. The van der Waals surface area contributed by atoms with E-state index < -0.39 is 0 Å². The van der Waals surface area contributed by atoms with Gasteiger partial charge in [0.15, 0.2) is 0 Å². The molecule has 0 radical (unpaired) electrons. The summed E-state index contributed by atoms with van der Waals surface area (Å²) < 4.78 is 21.5. The molecule has 23 heavy (non-hydrogen) atoms. The van der Waals surface area contributed by atoms with Crippen LogP contribution in [0.3, 0.4) is 0 Å². The Morgan fingerprint density at radius 3 is 3.00 bits per heavy atom. The van der Waals surface area contributed by atoms with E-state index in [4.69, 9.17) is 18.9 Å². The predicted octanol–water partition coefficient (Wildman–Crippen LogP) is 1.19. The molecule has 1 saturated heterocycles. The zero-order chi connectivity index (χ0) is 16.2. The maximum absolute atomic E-state index is 11.9. The van der Waals surface area contributed by atoms with E-state index in [1.807, 2.05) is 19.1 Å². The molecule has 2 unspecified atom stereocenters. The van der Waals surface area contributed by atoms with Crippen molar-refractivity contribution >= 4 is 6.03 Å². The number of hydrogen-bond donors (Lipinski definition) is 2. The lowest BCUT2D eigenvalue weighted by Crippen LogP contribution is -2.40. The van der Waals surface area contributed by atoms with Crippen molar-refractivity contribution in [2.75, 3.05) is 27.1 Å². The molecule has 0 aromatic heterocycles. The zero-order valence-corrected chi connectivity index (χ0v) is 13.4. The van der Waals surface area contributed by atoms with Gasteiger partial charge in [-0.15, -0.1) is 0 Å². The molecule has 2 atom stereocenters. The van der Waals surface area contributed by atoms with Crippen LogP contribution in [0, 0.1) is 0 Å². The highest BCUT2D eigenvalue weighted by Gasteiger charge is 2.22. The van der Waals surface area contributed by atoms with E-state index in [2.05, 4.69) is 10.6 Å². The minimum atomic E-state index is -0.252. The first-order valence-corrected chi connectivity index (χ1v) is 7.73. The largest absolute Gasteiger partial charge is 0.496 e. The molecule has 1 aromatic rings. The summed E-state index contributed by atoms with van der Waals surface area (Å²) >= 11 is 0. The van der Waals surface area contributed by atoms with E-state index in [1.54, 1.807) is 7.11 Å². The molecule has 2 heterocycles. The van der Waals surface area contributed by atoms with Gasteiger partial charge in [0.1, 0.15) is 30.5 Å². The van der Waals surface area contributed by atoms with Gasteiger partial charge in [0.2, 0.25) is 0 Å². The fourth-order valence-electron chi connectivity index (χ4n) is 2.74. The molecular weight excluding hydrogens is 300 g/mol. The van der Waals surface area contributed by atoms with Crippen molar-refractivity contribution in [3.63, 3.8) is 0 Å². The van der Waals surface area contributed by atoms with Crippen molar-refractivity contribution in [3.05, 3.63) is 23.3 Å². The lowest BCUT2D eigenvalue weighted by molar-refractivity contribution is 0.0475. The van der Waals surface area contributed by atoms with Crippen molar-refractivity contribution in [1.82, 2.24) is 10.6 Å². The predicted molar refractivity (Wildman–Crippen MR) is 82.7 cm³/mol. The minimum Gasteiger partial charge on any atom is -0.496 e. The number of nitrogens with one attached hydrogen (secondary N) is 2. The lowest BCUT2D eigenvalue weighted by atomic mass is 10.1. The average Bonchev–Trinajstić information content (AvgIpc) is 3.17. The number of rotatable bonds is 5. The van der Waals surface area contributed by atoms with Crippen molar-refractivity contribution in [2.24, 2.45) is 0 Å². The van der Waals surface area contributed by atoms with Gasteiger partial charge >= 0.3 is 6.03 Å². The maximum Gasteiger partial charge on any atom is 0.315 e. The Morgan fingerprint density at radius 2 is 2.26 bits per heavy atom. The number of urea groups is 1. The molecule has 0 bridgehead atoms. The number of amides is 2. The first-order valence-electron chi connectivity index (χ1n) is 7.73. The number of ether oxygens (including phenoxy) is 4. The highest BCUT2D eigenvalue weighted by molar-refractivity contribution is 5.74. The summed E-state index contributed by atoms with van der Waals surface area (Å²) in [5.74, 6) is 1.63. The Hall–Kier alpha value is -1.99.